The standard InChI is InChI=1S/C15H17FN4OS/c16-12-7-13(20(9-12)10-14-18-5-6-22-14)8-19-15(21)11-1-3-17-4-2-11/h1-6,12-13H,7-10H2,(H,19,21)/t12-,13-/m0/s1. The highest BCUT2D eigenvalue weighted by Crippen LogP contribution is 2.23. The van der Waals surface area contributed by atoms with Gasteiger partial charge in [0.15, 0.2) is 0 Å². The topological polar surface area (TPSA) is 58.1 Å². The molecule has 1 amide bonds. The Morgan fingerprint density at radius 1 is 1.41 bits per heavy atom. The van der Waals surface area contributed by atoms with Crippen molar-refractivity contribution in [2.75, 3.05) is 13.1 Å². The summed E-state index contributed by atoms with van der Waals surface area (Å²) in [6.07, 6.45) is 4.52. The fraction of sp³-hybridized carbons (Fsp3) is 0.400. The van der Waals surface area contributed by atoms with Gasteiger partial charge in [-0.25, -0.2) is 9.37 Å². The van der Waals surface area contributed by atoms with E-state index in [1.54, 1.807) is 42.1 Å². The van der Waals surface area contributed by atoms with Gasteiger partial charge in [-0.2, -0.15) is 0 Å². The van der Waals surface area contributed by atoms with Crippen molar-refractivity contribution in [3.05, 3.63) is 46.7 Å². The van der Waals surface area contributed by atoms with Crippen LogP contribution >= 0.6 is 11.3 Å². The minimum absolute atomic E-state index is 0.00434. The molecule has 0 saturated carbocycles. The first-order chi connectivity index (χ1) is 10.7. The molecule has 1 aliphatic rings. The lowest BCUT2D eigenvalue weighted by atomic mass is 10.2. The van der Waals surface area contributed by atoms with E-state index in [9.17, 15) is 9.18 Å². The van der Waals surface area contributed by atoms with Gasteiger partial charge >= 0.3 is 0 Å². The van der Waals surface area contributed by atoms with Gasteiger partial charge in [0.05, 0.1) is 6.54 Å². The smallest absolute Gasteiger partial charge is 0.251 e. The second-order valence-electron chi connectivity index (χ2n) is 5.29. The van der Waals surface area contributed by atoms with Crippen LogP contribution in [0, 0.1) is 0 Å². The second kappa shape index (κ2) is 6.93. The van der Waals surface area contributed by atoms with Gasteiger partial charge in [-0.05, 0) is 18.6 Å². The van der Waals surface area contributed by atoms with Crippen LogP contribution in [0.4, 0.5) is 4.39 Å². The van der Waals surface area contributed by atoms with E-state index in [-0.39, 0.29) is 11.9 Å². The molecule has 2 atom stereocenters. The van der Waals surface area contributed by atoms with Crippen molar-refractivity contribution < 1.29 is 9.18 Å². The molecule has 0 spiro atoms. The van der Waals surface area contributed by atoms with Gasteiger partial charge in [-0.1, -0.05) is 0 Å². The number of halogens is 1. The van der Waals surface area contributed by atoms with E-state index >= 15 is 0 Å². The molecule has 22 heavy (non-hydrogen) atoms. The van der Waals surface area contributed by atoms with Crippen LogP contribution in [0.5, 0.6) is 0 Å². The van der Waals surface area contributed by atoms with Gasteiger partial charge in [-0.3, -0.25) is 14.7 Å². The Kier molecular flexibility index (Phi) is 4.74. The van der Waals surface area contributed by atoms with Gasteiger partial charge in [0.2, 0.25) is 0 Å². The third kappa shape index (κ3) is 3.66. The molecule has 0 aromatic carbocycles. The van der Waals surface area contributed by atoms with Gasteiger partial charge in [0, 0.05) is 48.7 Å². The number of nitrogens with zero attached hydrogens (tertiary/aromatic N) is 3. The molecule has 5 nitrogen and oxygen atoms in total. The highest BCUT2D eigenvalue weighted by atomic mass is 32.1. The number of nitrogens with one attached hydrogen (secondary N) is 1. The van der Waals surface area contributed by atoms with Crippen molar-refractivity contribution in [3.63, 3.8) is 0 Å². The van der Waals surface area contributed by atoms with E-state index in [0.29, 0.717) is 31.6 Å². The average Bonchev–Trinajstić information content (AvgIpc) is 3.16. The zero-order chi connectivity index (χ0) is 15.4. The molecule has 0 bridgehead atoms. The van der Waals surface area contributed by atoms with E-state index < -0.39 is 6.17 Å². The van der Waals surface area contributed by atoms with Crippen LogP contribution in [0.15, 0.2) is 36.1 Å². The lowest BCUT2D eigenvalue weighted by Gasteiger charge is -2.23. The van der Waals surface area contributed by atoms with Gasteiger partial charge in [-0.15, -0.1) is 11.3 Å². The van der Waals surface area contributed by atoms with Crippen molar-refractivity contribution in [1.82, 2.24) is 20.2 Å². The Morgan fingerprint density at radius 2 is 2.23 bits per heavy atom. The first kappa shape index (κ1) is 15.1. The number of pyridine rings is 1. The monoisotopic (exact) mass is 320 g/mol. The minimum Gasteiger partial charge on any atom is -0.350 e. The van der Waals surface area contributed by atoms with Crippen molar-refractivity contribution in [3.8, 4) is 0 Å². The predicted octanol–water partition coefficient (Wildman–Crippen LogP) is 1.88. The maximum absolute atomic E-state index is 13.7. The largest absolute Gasteiger partial charge is 0.350 e. The van der Waals surface area contributed by atoms with Crippen LogP contribution in [0.25, 0.3) is 0 Å². The molecule has 1 N–H and O–H groups in total. The minimum atomic E-state index is -0.845. The molecule has 3 heterocycles. The van der Waals surface area contributed by atoms with Crippen molar-refractivity contribution in [2.24, 2.45) is 0 Å². The number of amides is 1. The quantitative estimate of drug-likeness (QED) is 0.914. The van der Waals surface area contributed by atoms with E-state index in [0.717, 1.165) is 5.01 Å². The maximum atomic E-state index is 13.7. The normalized spacial score (nSPS) is 21.9. The first-order valence-electron chi connectivity index (χ1n) is 7.17. The molecule has 1 fully saturated rings. The number of hydrogen-bond donors (Lipinski definition) is 1. The van der Waals surface area contributed by atoms with E-state index in [1.807, 2.05) is 5.38 Å². The molecule has 2 aromatic rings. The summed E-state index contributed by atoms with van der Waals surface area (Å²) in [7, 11) is 0. The van der Waals surface area contributed by atoms with Crippen LogP contribution in [0.3, 0.4) is 0 Å². The summed E-state index contributed by atoms with van der Waals surface area (Å²) in [5, 5.41) is 5.77. The van der Waals surface area contributed by atoms with Crippen molar-refractivity contribution in [2.45, 2.75) is 25.2 Å². The molecule has 0 radical (unpaired) electrons. The number of aromatic nitrogens is 2. The molecule has 2 aromatic heterocycles. The van der Waals surface area contributed by atoms with Crippen LogP contribution < -0.4 is 5.32 Å². The highest BCUT2D eigenvalue weighted by molar-refractivity contribution is 7.09. The summed E-state index contributed by atoms with van der Waals surface area (Å²) >= 11 is 1.56. The summed E-state index contributed by atoms with van der Waals surface area (Å²) in [6, 6.07) is 3.33. The summed E-state index contributed by atoms with van der Waals surface area (Å²) in [5.74, 6) is -0.154. The lowest BCUT2D eigenvalue weighted by molar-refractivity contribution is 0.0939. The van der Waals surface area contributed by atoms with E-state index in [4.69, 9.17) is 0 Å². The van der Waals surface area contributed by atoms with Crippen molar-refractivity contribution >= 4 is 17.2 Å². The molecule has 3 rings (SSSR count). The molecular formula is C15H17FN4OS. The van der Waals surface area contributed by atoms with E-state index in [1.165, 1.54) is 0 Å². The zero-order valence-electron chi connectivity index (χ0n) is 12.0. The van der Waals surface area contributed by atoms with E-state index in [2.05, 4.69) is 20.2 Å². The third-order valence-electron chi connectivity index (χ3n) is 3.74. The maximum Gasteiger partial charge on any atom is 0.251 e. The van der Waals surface area contributed by atoms with Crippen molar-refractivity contribution in [1.29, 1.82) is 0 Å². The predicted molar refractivity (Wildman–Crippen MR) is 82.4 cm³/mol. The second-order valence-corrected chi connectivity index (χ2v) is 6.27. The zero-order valence-corrected chi connectivity index (χ0v) is 12.8. The molecule has 1 saturated heterocycles. The Morgan fingerprint density at radius 3 is 2.95 bits per heavy atom. The third-order valence-corrected chi connectivity index (χ3v) is 4.50. The van der Waals surface area contributed by atoms with Crippen LogP contribution in [0.1, 0.15) is 21.8 Å². The number of likely N-dealkylation sites (tertiary alicyclic amines) is 1. The fourth-order valence-electron chi connectivity index (χ4n) is 2.65. The molecule has 1 aliphatic heterocycles. The Hall–Kier alpha value is -1.86. The number of carbonyl (C=O) groups is 1. The molecule has 116 valence electrons. The number of alkyl halides is 1. The van der Waals surface area contributed by atoms with Gasteiger partial charge in [0.1, 0.15) is 11.2 Å². The number of thiazole rings is 1. The summed E-state index contributed by atoms with van der Waals surface area (Å²) in [5.41, 5.74) is 0.566. The van der Waals surface area contributed by atoms with Gasteiger partial charge in [0.25, 0.3) is 5.91 Å². The average molecular weight is 320 g/mol. The number of rotatable bonds is 5. The Labute approximate surface area is 132 Å². The van der Waals surface area contributed by atoms with Crippen LogP contribution in [-0.2, 0) is 6.54 Å². The van der Waals surface area contributed by atoms with Gasteiger partial charge < -0.3 is 5.32 Å². The summed E-state index contributed by atoms with van der Waals surface area (Å²) < 4.78 is 13.7. The molecule has 0 unspecified atom stereocenters. The Bertz CT molecular complexity index is 607. The first-order valence-corrected chi connectivity index (χ1v) is 8.05. The number of carbonyl (C=O) groups excluding carboxylic acids is 1. The SMILES string of the molecule is O=C(NC[C@@H]1C[C@H](F)CN1Cc1nccs1)c1ccncc1. The lowest BCUT2D eigenvalue weighted by Crippen LogP contribution is -2.39. The van der Waals surface area contributed by atoms with Crippen LogP contribution in [-0.4, -0.2) is 46.1 Å². The fourth-order valence-corrected chi connectivity index (χ4v) is 3.29. The molecule has 7 heteroatoms. The summed E-state index contributed by atoms with van der Waals surface area (Å²) in [4.78, 5) is 22.2. The summed E-state index contributed by atoms with van der Waals surface area (Å²) in [6.45, 7) is 1.47. The number of hydrogen-bond acceptors (Lipinski definition) is 5. The Balaban J connectivity index is 1.57. The van der Waals surface area contributed by atoms with Crippen LogP contribution in [0.2, 0.25) is 0 Å². The highest BCUT2D eigenvalue weighted by Gasteiger charge is 2.32. The molecule has 0 aliphatic carbocycles. The molecular weight excluding hydrogens is 303 g/mol.